The van der Waals surface area contributed by atoms with Crippen LogP contribution in [0.5, 0.6) is 0 Å². The van der Waals surface area contributed by atoms with Crippen LogP contribution < -0.4 is 0 Å². The van der Waals surface area contributed by atoms with E-state index in [0.717, 1.165) is 6.08 Å². The average molecular weight is 256 g/mol. The molecule has 0 saturated carbocycles. The number of benzene rings is 1. The molecule has 0 aliphatic heterocycles. The van der Waals surface area contributed by atoms with E-state index in [9.17, 15) is 13.2 Å². The molecule has 1 aromatic carbocycles. The molecule has 0 aromatic heterocycles. The molecule has 0 fully saturated rings. The highest BCUT2D eigenvalue weighted by molar-refractivity contribution is 7.86. The number of ether oxygens (including phenoxy) is 1. The molecule has 92 valence electrons. The molecule has 6 heteroatoms. The Bertz CT molecular complexity index is 492. The maximum atomic E-state index is 11.2. The summed E-state index contributed by atoms with van der Waals surface area (Å²) in [5, 5.41) is -1.28. The molecule has 0 heterocycles. The third kappa shape index (κ3) is 4.01. The summed E-state index contributed by atoms with van der Waals surface area (Å²) in [4.78, 5) is 10.9. The first-order chi connectivity index (χ1) is 7.95. The van der Waals surface area contributed by atoms with Gasteiger partial charge in [0.2, 0.25) is 0 Å². The van der Waals surface area contributed by atoms with Crippen molar-refractivity contribution >= 4 is 16.1 Å². The van der Waals surface area contributed by atoms with Crippen LogP contribution in [0.3, 0.4) is 0 Å². The van der Waals surface area contributed by atoms with Gasteiger partial charge in [0.15, 0.2) is 0 Å². The van der Waals surface area contributed by atoms with Crippen LogP contribution in [0, 0.1) is 0 Å². The highest BCUT2D eigenvalue weighted by Crippen LogP contribution is 2.21. The second-order valence-electron chi connectivity index (χ2n) is 3.25. The van der Waals surface area contributed by atoms with E-state index in [1.54, 1.807) is 18.2 Å². The standard InChI is InChI=1S/C11H12O5S/c1-2-11(12)16-8-10(17(13,14)15)9-6-4-3-5-7-9/h2-7,10H,1,8H2,(H,13,14,15). The second kappa shape index (κ2) is 5.60. The number of carbonyl (C=O) groups excluding carboxylic acids is 1. The molecule has 1 rings (SSSR count). The van der Waals surface area contributed by atoms with Gasteiger partial charge < -0.3 is 4.74 Å². The Labute approximate surface area is 99.5 Å². The molecular weight excluding hydrogens is 244 g/mol. The maximum Gasteiger partial charge on any atom is 0.330 e. The molecule has 0 aliphatic rings. The van der Waals surface area contributed by atoms with Crippen LogP contribution in [-0.4, -0.2) is 25.5 Å². The van der Waals surface area contributed by atoms with Crippen molar-refractivity contribution in [3.63, 3.8) is 0 Å². The Morgan fingerprint density at radius 2 is 2.00 bits per heavy atom. The first kappa shape index (κ1) is 13.4. The van der Waals surface area contributed by atoms with E-state index in [2.05, 4.69) is 11.3 Å². The van der Waals surface area contributed by atoms with E-state index < -0.39 is 27.9 Å². The molecule has 5 nitrogen and oxygen atoms in total. The Hall–Kier alpha value is -1.66. The molecule has 0 aliphatic carbocycles. The number of hydrogen-bond donors (Lipinski definition) is 1. The van der Waals surface area contributed by atoms with Crippen molar-refractivity contribution < 1.29 is 22.5 Å². The van der Waals surface area contributed by atoms with E-state index in [1.807, 2.05) is 0 Å². The number of carbonyl (C=O) groups is 1. The molecule has 0 spiro atoms. The predicted octanol–water partition coefficient (Wildman–Crippen LogP) is 1.34. The van der Waals surface area contributed by atoms with Gasteiger partial charge in [0.05, 0.1) is 0 Å². The summed E-state index contributed by atoms with van der Waals surface area (Å²) in [7, 11) is -4.33. The van der Waals surface area contributed by atoms with Crippen LogP contribution in [-0.2, 0) is 19.6 Å². The van der Waals surface area contributed by atoms with Gasteiger partial charge in [-0.25, -0.2) is 4.79 Å². The van der Waals surface area contributed by atoms with Crippen molar-refractivity contribution in [3.05, 3.63) is 48.6 Å². The smallest absolute Gasteiger partial charge is 0.330 e. The highest BCUT2D eigenvalue weighted by Gasteiger charge is 2.26. The van der Waals surface area contributed by atoms with Gasteiger partial charge in [0.25, 0.3) is 10.1 Å². The van der Waals surface area contributed by atoms with Gasteiger partial charge in [0.1, 0.15) is 11.9 Å². The lowest BCUT2D eigenvalue weighted by Crippen LogP contribution is -2.19. The van der Waals surface area contributed by atoms with Gasteiger partial charge in [-0.05, 0) is 5.56 Å². The molecule has 0 amide bonds. The summed E-state index contributed by atoms with van der Waals surface area (Å²) >= 11 is 0. The van der Waals surface area contributed by atoms with E-state index >= 15 is 0 Å². The fourth-order valence-electron chi connectivity index (χ4n) is 1.24. The Morgan fingerprint density at radius 1 is 1.41 bits per heavy atom. The van der Waals surface area contributed by atoms with Gasteiger partial charge in [-0.3, -0.25) is 4.55 Å². The normalized spacial score (nSPS) is 12.8. The largest absolute Gasteiger partial charge is 0.461 e. The van der Waals surface area contributed by atoms with Gasteiger partial charge in [-0.1, -0.05) is 36.9 Å². The number of esters is 1. The molecule has 1 aromatic rings. The van der Waals surface area contributed by atoms with Crippen LogP contribution >= 0.6 is 0 Å². The molecular formula is C11H12O5S. The average Bonchev–Trinajstić information content (AvgIpc) is 2.28. The van der Waals surface area contributed by atoms with Crippen molar-refractivity contribution in [3.8, 4) is 0 Å². The topological polar surface area (TPSA) is 80.7 Å². The van der Waals surface area contributed by atoms with Gasteiger partial charge in [-0.15, -0.1) is 0 Å². The molecule has 17 heavy (non-hydrogen) atoms. The zero-order chi connectivity index (χ0) is 12.9. The first-order valence-electron chi connectivity index (χ1n) is 4.75. The van der Waals surface area contributed by atoms with Crippen molar-refractivity contribution in [2.24, 2.45) is 0 Å². The quantitative estimate of drug-likeness (QED) is 0.488. The van der Waals surface area contributed by atoms with Crippen LogP contribution in [0.15, 0.2) is 43.0 Å². The predicted molar refractivity (Wildman–Crippen MR) is 61.9 cm³/mol. The zero-order valence-corrected chi connectivity index (χ0v) is 9.76. The minimum absolute atomic E-state index is 0.354. The van der Waals surface area contributed by atoms with Crippen LogP contribution in [0.2, 0.25) is 0 Å². The van der Waals surface area contributed by atoms with Crippen molar-refractivity contribution in [2.75, 3.05) is 6.61 Å². The fourth-order valence-corrected chi connectivity index (χ4v) is 1.98. The summed E-state index contributed by atoms with van der Waals surface area (Å²) in [6.07, 6.45) is 0.923. The number of rotatable bonds is 5. The Balaban J connectivity index is 2.91. The van der Waals surface area contributed by atoms with Gasteiger partial charge >= 0.3 is 5.97 Å². The minimum Gasteiger partial charge on any atom is -0.461 e. The van der Waals surface area contributed by atoms with Crippen molar-refractivity contribution in [1.29, 1.82) is 0 Å². The van der Waals surface area contributed by atoms with E-state index in [0.29, 0.717) is 5.56 Å². The van der Waals surface area contributed by atoms with Gasteiger partial charge in [0, 0.05) is 6.08 Å². The SMILES string of the molecule is C=CC(=O)OCC(c1ccccc1)S(=O)(=O)O. The molecule has 0 radical (unpaired) electrons. The van der Waals surface area contributed by atoms with Crippen LogP contribution in [0.25, 0.3) is 0 Å². The van der Waals surface area contributed by atoms with E-state index in [4.69, 9.17) is 4.55 Å². The Morgan fingerprint density at radius 3 is 2.47 bits per heavy atom. The van der Waals surface area contributed by atoms with E-state index in [1.165, 1.54) is 12.1 Å². The summed E-state index contributed by atoms with van der Waals surface area (Å²) in [5.41, 5.74) is 0.354. The zero-order valence-electron chi connectivity index (χ0n) is 8.94. The number of hydrogen-bond acceptors (Lipinski definition) is 4. The van der Waals surface area contributed by atoms with E-state index in [-0.39, 0.29) is 0 Å². The third-order valence-electron chi connectivity index (χ3n) is 2.07. The lowest BCUT2D eigenvalue weighted by atomic mass is 10.1. The van der Waals surface area contributed by atoms with Crippen molar-refractivity contribution in [1.82, 2.24) is 0 Å². The molecule has 1 N–H and O–H groups in total. The van der Waals surface area contributed by atoms with Crippen LogP contribution in [0.1, 0.15) is 10.8 Å². The summed E-state index contributed by atoms with van der Waals surface area (Å²) < 4.78 is 36.1. The van der Waals surface area contributed by atoms with Crippen molar-refractivity contribution in [2.45, 2.75) is 5.25 Å². The molecule has 0 bridgehead atoms. The maximum absolute atomic E-state index is 11.2. The molecule has 0 saturated heterocycles. The lowest BCUT2D eigenvalue weighted by molar-refractivity contribution is -0.137. The van der Waals surface area contributed by atoms with Gasteiger partial charge in [-0.2, -0.15) is 8.42 Å². The highest BCUT2D eigenvalue weighted by atomic mass is 32.2. The monoisotopic (exact) mass is 256 g/mol. The second-order valence-corrected chi connectivity index (χ2v) is 4.85. The van der Waals surface area contributed by atoms with Crippen LogP contribution in [0.4, 0.5) is 0 Å². The summed E-state index contributed by atoms with van der Waals surface area (Å²) in [6.45, 7) is 2.74. The Kier molecular flexibility index (Phi) is 4.42. The summed E-state index contributed by atoms with van der Waals surface area (Å²) in [6, 6.07) is 8.02. The molecule has 1 atom stereocenters. The first-order valence-corrected chi connectivity index (χ1v) is 6.26. The summed E-state index contributed by atoms with van der Waals surface area (Å²) in [5.74, 6) is -0.741. The molecule has 1 unspecified atom stereocenters. The fraction of sp³-hybridized carbons (Fsp3) is 0.182. The third-order valence-corrected chi connectivity index (χ3v) is 3.20. The minimum atomic E-state index is -4.33. The lowest BCUT2D eigenvalue weighted by Gasteiger charge is -2.13.